The van der Waals surface area contributed by atoms with Gasteiger partial charge in [0.1, 0.15) is 0 Å². The van der Waals surface area contributed by atoms with Crippen molar-refractivity contribution in [1.29, 1.82) is 5.26 Å². The molecule has 154 valence electrons. The lowest BCUT2D eigenvalue weighted by molar-refractivity contribution is -0.121. The normalized spacial score (nSPS) is 16.2. The van der Waals surface area contributed by atoms with Crippen molar-refractivity contribution in [2.45, 2.75) is 32.1 Å². The van der Waals surface area contributed by atoms with E-state index < -0.39 is 0 Å². The van der Waals surface area contributed by atoms with Gasteiger partial charge in [-0.25, -0.2) is 0 Å². The number of amides is 2. The van der Waals surface area contributed by atoms with Gasteiger partial charge in [0.05, 0.1) is 22.4 Å². The third kappa shape index (κ3) is 5.44. The van der Waals surface area contributed by atoms with Gasteiger partial charge in [-0.1, -0.05) is 67.5 Å². The standard InChI is InChI=1S/C23H22ClN3O2S/c1-14(2)15-6-8-16(9-7-15)19-11-21(28)27-23(20(19)12-25)30-13-22(29)26-18-5-3-4-17(24)10-18/h3-10,14,19H,11,13H2,1-2H3,(H,26,29)(H,27,28)/t19-/m0/s1. The quantitative estimate of drug-likeness (QED) is 0.650. The maximum absolute atomic E-state index is 12.3. The Bertz CT molecular complexity index is 1030. The van der Waals surface area contributed by atoms with Crippen LogP contribution in [0.4, 0.5) is 5.69 Å². The van der Waals surface area contributed by atoms with Gasteiger partial charge in [0, 0.05) is 23.0 Å². The van der Waals surface area contributed by atoms with E-state index >= 15 is 0 Å². The van der Waals surface area contributed by atoms with E-state index in [1.165, 1.54) is 5.56 Å². The molecule has 7 heteroatoms. The van der Waals surface area contributed by atoms with Crippen LogP contribution in [0.3, 0.4) is 0 Å². The molecule has 0 unspecified atom stereocenters. The summed E-state index contributed by atoms with van der Waals surface area (Å²) >= 11 is 7.09. The van der Waals surface area contributed by atoms with Crippen LogP contribution in [-0.2, 0) is 9.59 Å². The number of carbonyl (C=O) groups is 2. The van der Waals surface area contributed by atoms with Crippen molar-refractivity contribution in [2.75, 3.05) is 11.1 Å². The zero-order chi connectivity index (χ0) is 21.7. The first-order chi connectivity index (χ1) is 14.4. The number of rotatable bonds is 6. The Morgan fingerprint density at radius 3 is 2.67 bits per heavy atom. The van der Waals surface area contributed by atoms with Gasteiger partial charge >= 0.3 is 0 Å². The maximum atomic E-state index is 12.3. The van der Waals surface area contributed by atoms with Crippen LogP contribution < -0.4 is 10.6 Å². The summed E-state index contributed by atoms with van der Waals surface area (Å²) in [6, 6.07) is 17.1. The van der Waals surface area contributed by atoms with Crippen molar-refractivity contribution in [3.63, 3.8) is 0 Å². The Labute approximate surface area is 185 Å². The first kappa shape index (κ1) is 21.9. The molecule has 0 aliphatic carbocycles. The highest BCUT2D eigenvalue weighted by molar-refractivity contribution is 8.03. The molecule has 2 N–H and O–H groups in total. The van der Waals surface area contributed by atoms with Crippen LogP contribution in [0.1, 0.15) is 43.2 Å². The number of benzene rings is 2. The van der Waals surface area contributed by atoms with Gasteiger partial charge in [0.2, 0.25) is 11.8 Å². The molecule has 3 rings (SSSR count). The van der Waals surface area contributed by atoms with Crippen molar-refractivity contribution >= 4 is 40.9 Å². The predicted octanol–water partition coefficient (Wildman–Crippen LogP) is 5.17. The van der Waals surface area contributed by atoms with E-state index in [0.717, 1.165) is 17.3 Å². The van der Waals surface area contributed by atoms with Crippen LogP contribution in [0.5, 0.6) is 0 Å². The Morgan fingerprint density at radius 1 is 1.30 bits per heavy atom. The second-order valence-electron chi connectivity index (χ2n) is 7.33. The minimum atomic E-state index is -0.316. The topological polar surface area (TPSA) is 82.0 Å². The molecule has 0 saturated carbocycles. The molecule has 2 aromatic carbocycles. The van der Waals surface area contributed by atoms with Crippen LogP contribution in [0.25, 0.3) is 0 Å². The molecule has 2 amide bonds. The molecule has 0 fully saturated rings. The molecule has 0 aromatic heterocycles. The van der Waals surface area contributed by atoms with E-state index in [-0.39, 0.29) is 29.9 Å². The van der Waals surface area contributed by atoms with E-state index in [1.807, 2.05) is 24.3 Å². The molecule has 5 nitrogen and oxygen atoms in total. The summed E-state index contributed by atoms with van der Waals surface area (Å²) in [5.74, 6) is -0.256. The number of hydrogen-bond donors (Lipinski definition) is 2. The van der Waals surface area contributed by atoms with Gasteiger partial charge in [0.25, 0.3) is 0 Å². The van der Waals surface area contributed by atoms with Crippen molar-refractivity contribution in [2.24, 2.45) is 0 Å². The van der Waals surface area contributed by atoms with Crippen molar-refractivity contribution in [1.82, 2.24) is 5.32 Å². The van der Waals surface area contributed by atoms with Gasteiger partial charge in [-0.2, -0.15) is 5.26 Å². The molecular weight excluding hydrogens is 418 g/mol. The summed E-state index contributed by atoms with van der Waals surface area (Å²) in [5.41, 5.74) is 3.20. The van der Waals surface area contributed by atoms with E-state index in [4.69, 9.17) is 11.6 Å². The van der Waals surface area contributed by atoms with Gasteiger partial charge in [0.15, 0.2) is 0 Å². The Hall–Kier alpha value is -2.75. The summed E-state index contributed by atoms with van der Waals surface area (Å²) in [5, 5.41) is 16.3. The lowest BCUT2D eigenvalue weighted by Gasteiger charge is -2.25. The van der Waals surface area contributed by atoms with E-state index in [2.05, 4.69) is 30.6 Å². The number of anilines is 1. The van der Waals surface area contributed by atoms with Crippen LogP contribution >= 0.6 is 23.4 Å². The second kappa shape index (κ2) is 9.84. The number of nitriles is 1. The van der Waals surface area contributed by atoms with E-state index in [0.29, 0.717) is 27.2 Å². The zero-order valence-corrected chi connectivity index (χ0v) is 18.3. The highest BCUT2D eigenvalue weighted by Gasteiger charge is 2.29. The van der Waals surface area contributed by atoms with Crippen molar-refractivity contribution < 1.29 is 9.59 Å². The summed E-state index contributed by atoms with van der Waals surface area (Å²) < 4.78 is 0. The molecule has 1 heterocycles. The molecule has 2 aromatic rings. The monoisotopic (exact) mass is 439 g/mol. The molecule has 1 atom stereocenters. The molecule has 1 aliphatic heterocycles. The largest absolute Gasteiger partial charge is 0.325 e. The van der Waals surface area contributed by atoms with Gasteiger partial charge in [-0.05, 0) is 35.2 Å². The van der Waals surface area contributed by atoms with Crippen molar-refractivity contribution in [3.8, 4) is 6.07 Å². The Morgan fingerprint density at radius 2 is 2.03 bits per heavy atom. The Balaban J connectivity index is 1.75. The highest BCUT2D eigenvalue weighted by Crippen LogP contribution is 2.36. The Kier molecular flexibility index (Phi) is 7.20. The number of allylic oxidation sites excluding steroid dienone is 1. The summed E-state index contributed by atoms with van der Waals surface area (Å²) in [6.07, 6.45) is 0.211. The predicted molar refractivity (Wildman–Crippen MR) is 121 cm³/mol. The number of thioether (sulfide) groups is 1. The molecule has 0 saturated heterocycles. The van der Waals surface area contributed by atoms with Crippen LogP contribution in [-0.4, -0.2) is 17.6 Å². The zero-order valence-electron chi connectivity index (χ0n) is 16.7. The SMILES string of the molecule is CC(C)c1ccc([C@@H]2CC(=O)NC(SCC(=O)Nc3cccc(Cl)c3)=C2C#N)cc1. The fraction of sp³-hybridized carbons (Fsp3) is 0.261. The van der Waals surface area contributed by atoms with Gasteiger partial charge < -0.3 is 10.6 Å². The first-order valence-electron chi connectivity index (χ1n) is 9.59. The van der Waals surface area contributed by atoms with Crippen molar-refractivity contribution in [3.05, 3.63) is 75.3 Å². The fourth-order valence-electron chi connectivity index (χ4n) is 3.23. The maximum Gasteiger partial charge on any atom is 0.234 e. The lowest BCUT2D eigenvalue weighted by atomic mass is 9.86. The number of nitrogens with zero attached hydrogens (tertiary/aromatic N) is 1. The van der Waals surface area contributed by atoms with Crippen LogP contribution in [0.15, 0.2) is 59.1 Å². The lowest BCUT2D eigenvalue weighted by Crippen LogP contribution is -2.31. The van der Waals surface area contributed by atoms with Crippen LogP contribution in [0.2, 0.25) is 5.02 Å². The average molecular weight is 440 g/mol. The fourth-order valence-corrected chi connectivity index (χ4v) is 4.30. The van der Waals surface area contributed by atoms with Gasteiger partial charge in [-0.15, -0.1) is 0 Å². The summed E-state index contributed by atoms with van der Waals surface area (Å²) in [7, 11) is 0. The molecule has 0 spiro atoms. The highest BCUT2D eigenvalue weighted by atomic mass is 35.5. The summed E-state index contributed by atoms with van der Waals surface area (Å²) in [6.45, 7) is 4.24. The third-order valence-corrected chi connectivity index (χ3v) is 6.07. The number of hydrogen-bond acceptors (Lipinski definition) is 4. The molecule has 1 aliphatic rings. The third-order valence-electron chi connectivity index (χ3n) is 4.82. The second-order valence-corrected chi connectivity index (χ2v) is 8.75. The van der Waals surface area contributed by atoms with Gasteiger partial charge in [-0.3, -0.25) is 9.59 Å². The molecular formula is C23H22ClN3O2S. The minimum absolute atomic E-state index is 0.0618. The molecule has 30 heavy (non-hydrogen) atoms. The van der Waals surface area contributed by atoms with Crippen LogP contribution in [0, 0.1) is 11.3 Å². The molecule has 0 bridgehead atoms. The van der Waals surface area contributed by atoms with E-state index in [1.54, 1.807) is 24.3 Å². The molecule has 0 radical (unpaired) electrons. The summed E-state index contributed by atoms with van der Waals surface area (Å²) in [4.78, 5) is 24.6. The average Bonchev–Trinajstić information content (AvgIpc) is 2.72. The van der Waals surface area contributed by atoms with E-state index in [9.17, 15) is 14.9 Å². The minimum Gasteiger partial charge on any atom is -0.325 e. The smallest absolute Gasteiger partial charge is 0.234 e. The number of carbonyl (C=O) groups excluding carboxylic acids is 2. The number of halogens is 1. The number of nitrogens with one attached hydrogen (secondary N) is 2. The first-order valence-corrected chi connectivity index (χ1v) is 11.0.